The van der Waals surface area contributed by atoms with Gasteiger partial charge in [0, 0.05) is 12.1 Å². The molecule has 2 rings (SSSR count). The molecule has 118 valence electrons. The Balaban J connectivity index is 1.62. The van der Waals surface area contributed by atoms with Crippen molar-refractivity contribution >= 4 is 0 Å². The summed E-state index contributed by atoms with van der Waals surface area (Å²) in [5.74, 6) is 0. The lowest BCUT2D eigenvalue weighted by atomic mass is 10.0. The quantitative estimate of drug-likeness (QED) is 0.723. The van der Waals surface area contributed by atoms with E-state index in [-0.39, 0.29) is 0 Å². The maximum atomic E-state index is 9.31. The molecule has 2 atom stereocenters. The Kier molecular flexibility index (Phi) is 6.68. The Bertz CT molecular complexity index is 421. The van der Waals surface area contributed by atoms with Gasteiger partial charge in [-0.05, 0) is 70.3 Å². The second-order valence-corrected chi connectivity index (χ2v) is 6.25. The van der Waals surface area contributed by atoms with E-state index in [0.29, 0.717) is 18.7 Å². The van der Waals surface area contributed by atoms with Gasteiger partial charge in [-0.3, -0.25) is 4.90 Å². The minimum Gasteiger partial charge on any atom is -0.395 e. The molecule has 1 aliphatic heterocycles. The molecule has 21 heavy (non-hydrogen) atoms. The van der Waals surface area contributed by atoms with Crippen LogP contribution in [0.2, 0.25) is 0 Å². The number of hydrogen-bond donors (Lipinski definition) is 2. The highest BCUT2D eigenvalue weighted by Gasteiger charge is 2.22. The molecule has 0 saturated carbocycles. The normalized spacial score (nSPS) is 20.8. The standard InChI is InChI=1S/C18H30N2O/c1-15-8-3-4-10-18(15)16(2)19-11-5-6-12-20-13-7-9-17(20)14-21/h3-4,8,10,16-17,19,21H,5-7,9,11-14H2,1-2H3. The van der Waals surface area contributed by atoms with E-state index in [1.54, 1.807) is 0 Å². The first-order chi connectivity index (χ1) is 10.2. The molecular formula is C18H30N2O. The largest absolute Gasteiger partial charge is 0.395 e. The van der Waals surface area contributed by atoms with Gasteiger partial charge in [-0.25, -0.2) is 0 Å². The molecule has 3 nitrogen and oxygen atoms in total. The molecular weight excluding hydrogens is 260 g/mol. The maximum Gasteiger partial charge on any atom is 0.0586 e. The van der Waals surface area contributed by atoms with Crippen LogP contribution in [0.25, 0.3) is 0 Å². The number of rotatable bonds is 8. The van der Waals surface area contributed by atoms with Gasteiger partial charge < -0.3 is 10.4 Å². The Hall–Kier alpha value is -0.900. The van der Waals surface area contributed by atoms with Crippen LogP contribution in [0.3, 0.4) is 0 Å². The van der Waals surface area contributed by atoms with Crippen molar-refractivity contribution in [3.8, 4) is 0 Å². The molecule has 1 fully saturated rings. The molecule has 1 saturated heterocycles. The summed E-state index contributed by atoms with van der Waals surface area (Å²) in [5, 5.41) is 12.9. The molecule has 0 radical (unpaired) electrons. The molecule has 1 aliphatic rings. The van der Waals surface area contributed by atoms with Crippen LogP contribution in [0.5, 0.6) is 0 Å². The van der Waals surface area contributed by atoms with Crippen LogP contribution in [0.4, 0.5) is 0 Å². The highest BCUT2D eigenvalue weighted by atomic mass is 16.3. The number of hydrogen-bond acceptors (Lipinski definition) is 3. The lowest BCUT2D eigenvalue weighted by Gasteiger charge is -2.22. The summed E-state index contributed by atoms with van der Waals surface area (Å²) in [7, 11) is 0. The third kappa shape index (κ3) is 4.80. The van der Waals surface area contributed by atoms with Crippen LogP contribution in [0.1, 0.15) is 49.8 Å². The van der Waals surface area contributed by atoms with E-state index in [0.717, 1.165) is 19.6 Å². The van der Waals surface area contributed by atoms with Crippen molar-refractivity contribution in [1.82, 2.24) is 10.2 Å². The molecule has 3 heteroatoms. The predicted molar refractivity (Wildman–Crippen MR) is 88.5 cm³/mol. The molecule has 0 aromatic heterocycles. The predicted octanol–water partition coefficient (Wildman–Crippen LogP) is 2.88. The number of aliphatic hydroxyl groups is 1. The molecule has 1 heterocycles. The van der Waals surface area contributed by atoms with Gasteiger partial charge in [0.2, 0.25) is 0 Å². The summed E-state index contributed by atoms with van der Waals surface area (Å²) >= 11 is 0. The molecule has 0 bridgehead atoms. The van der Waals surface area contributed by atoms with Crippen LogP contribution in [-0.2, 0) is 0 Å². The molecule has 1 aromatic rings. The van der Waals surface area contributed by atoms with E-state index in [1.165, 1.54) is 36.8 Å². The Morgan fingerprint density at radius 1 is 1.33 bits per heavy atom. The number of aryl methyl sites for hydroxylation is 1. The van der Waals surface area contributed by atoms with Gasteiger partial charge in [0.1, 0.15) is 0 Å². The first-order valence-corrected chi connectivity index (χ1v) is 8.36. The topological polar surface area (TPSA) is 35.5 Å². The second kappa shape index (κ2) is 8.52. The lowest BCUT2D eigenvalue weighted by Crippen LogP contribution is -2.33. The van der Waals surface area contributed by atoms with Crippen molar-refractivity contribution in [3.05, 3.63) is 35.4 Å². The Labute approximate surface area is 129 Å². The van der Waals surface area contributed by atoms with Gasteiger partial charge in [-0.15, -0.1) is 0 Å². The second-order valence-electron chi connectivity index (χ2n) is 6.25. The van der Waals surface area contributed by atoms with Crippen molar-refractivity contribution in [1.29, 1.82) is 0 Å². The Morgan fingerprint density at radius 3 is 2.90 bits per heavy atom. The van der Waals surface area contributed by atoms with E-state index in [2.05, 4.69) is 48.3 Å². The number of aliphatic hydroxyl groups excluding tert-OH is 1. The van der Waals surface area contributed by atoms with Crippen LogP contribution in [0.15, 0.2) is 24.3 Å². The molecule has 0 amide bonds. The fourth-order valence-electron chi connectivity index (χ4n) is 3.34. The third-order valence-electron chi connectivity index (χ3n) is 4.69. The van der Waals surface area contributed by atoms with Crippen LogP contribution >= 0.6 is 0 Å². The minimum atomic E-state index is 0.322. The average molecular weight is 290 g/mol. The molecule has 2 unspecified atom stereocenters. The zero-order chi connectivity index (χ0) is 15.1. The molecule has 1 aromatic carbocycles. The fraction of sp³-hybridized carbons (Fsp3) is 0.667. The van der Waals surface area contributed by atoms with E-state index in [4.69, 9.17) is 0 Å². The zero-order valence-corrected chi connectivity index (χ0v) is 13.5. The van der Waals surface area contributed by atoms with Crippen molar-refractivity contribution in [2.24, 2.45) is 0 Å². The minimum absolute atomic E-state index is 0.322. The summed E-state index contributed by atoms with van der Waals surface area (Å²) in [6, 6.07) is 9.44. The van der Waals surface area contributed by atoms with Crippen LogP contribution < -0.4 is 5.32 Å². The van der Waals surface area contributed by atoms with E-state index in [9.17, 15) is 5.11 Å². The summed E-state index contributed by atoms with van der Waals surface area (Å²) in [5.41, 5.74) is 2.76. The van der Waals surface area contributed by atoms with E-state index >= 15 is 0 Å². The third-order valence-corrected chi connectivity index (χ3v) is 4.69. The number of benzene rings is 1. The molecule has 0 aliphatic carbocycles. The first kappa shape index (κ1) is 16.5. The van der Waals surface area contributed by atoms with Crippen molar-refractivity contribution < 1.29 is 5.11 Å². The van der Waals surface area contributed by atoms with Crippen LogP contribution in [-0.4, -0.2) is 42.3 Å². The summed E-state index contributed by atoms with van der Waals surface area (Å²) < 4.78 is 0. The van der Waals surface area contributed by atoms with Gasteiger partial charge in [-0.2, -0.15) is 0 Å². The number of nitrogens with one attached hydrogen (secondary N) is 1. The highest BCUT2D eigenvalue weighted by Crippen LogP contribution is 2.18. The Morgan fingerprint density at radius 2 is 2.14 bits per heavy atom. The van der Waals surface area contributed by atoms with Gasteiger partial charge >= 0.3 is 0 Å². The van der Waals surface area contributed by atoms with Gasteiger partial charge in [0.25, 0.3) is 0 Å². The molecule has 0 spiro atoms. The highest BCUT2D eigenvalue weighted by molar-refractivity contribution is 5.28. The van der Waals surface area contributed by atoms with Crippen molar-refractivity contribution in [2.45, 2.75) is 51.6 Å². The monoisotopic (exact) mass is 290 g/mol. The number of likely N-dealkylation sites (tertiary alicyclic amines) is 1. The summed E-state index contributed by atoms with van der Waals surface area (Å²) in [6.45, 7) is 8.10. The smallest absolute Gasteiger partial charge is 0.0586 e. The number of unbranched alkanes of at least 4 members (excludes halogenated alkanes) is 1. The summed E-state index contributed by atoms with van der Waals surface area (Å²) in [4.78, 5) is 2.45. The SMILES string of the molecule is Cc1ccccc1C(C)NCCCCN1CCCC1CO. The van der Waals surface area contributed by atoms with Crippen molar-refractivity contribution in [2.75, 3.05) is 26.2 Å². The van der Waals surface area contributed by atoms with Gasteiger partial charge in [-0.1, -0.05) is 24.3 Å². The first-order valence-electron chi connectivity index (χ1n) is 8.36. The van der Waals surface area contributed by atoms with Gasteiger partial charge in [0.15, 0.2) is 0 Å². The molecule has 2 N–H and O–H groups in total. The number of nitrogens with zero attached hydrogens (tertiary/aromatic N) is 1. The summed E-state index contributed by atoms with van der Waals surface area (Å²) in [6.07, 6.45) is 4.82. The lowest BCUT2D eigenvalue weighted by molar-refractivity contribution is 0.157. The fourth-order valence-corrected chi connectivity index (χ4v) is 3.34. The van der Waals surface area contributed by atoms with Crippen LogP contribution in [0, 0.1) is 6.92 Å². The van der Waals surface area contributed by atoms with E-state index < -0.39 is 0 Å². The average Bonchev–Trinajstić information content (AvgIpc) is 2.94. The van der Waals surface area contributed by atoms with Gasteiger partial charge in [0.05, 0.1) is 6.61 Å². The van der Waals surface area contributed by atoms with E-state index in [1.807, 2.05) is 0 Å². The zero-order valence-electron chi connectivity index (χ0n) is 13.5. The maximum absolute atomic E-state index is 9.31. The van der Waals surface area contributed by atoms with Crippen molar-refractivity contribution in [3.63, 3.8) is 0 Å².